The van der Waals surface area contributed by atoms with Gasteiger partial charge in [-0.25, -0.2) is 0 Å². The van der Waals surface area contributed by atoms with Crippen molar-refractivity contribution in [2.24, 2.45) is 0 Å². The summed E-state index contributed by atoms with van der Waals surface area (Å²) >= 11 is 0. The van der Waals surface area contributed by atoms with Gasteiger partial charge in [-0.05, 0) is 74.5 Å². The maximum absolute atomic E-state index is 12.1. The number of aromatic hydroxyl groups is 1. The number of fused-ring (bicyclic) bond motifs is 3. The summed E-state index contributed by atoms with van der Waals surface area (Å²) in [6.45, 7) is 2.96. The molecule has 1 amide bonds. The quantitative estimate of drug-likeness (QED) is 0.769. The fourth-order valence-electron chi connectivity index (χ4n) is 4.78. The van der Waals surface area contributed by atoms with Gasteiger partial charge in [-0.2, -0.15) is 0 Å². The molecule has 2 N–H and O–H groups in total. The van der Waals surface area contributed by atoms with E-state index in [0.717, 1.165) is 50.9 Å². The maximum atomic E-state index is 12.1. The van der Waals surface area contributed by atoms with Gasteiger partial charge >= 0.3 is 0 Å². The van der Waals surface area contributed by atoms with Crippen molar-refractivity contribution in [3.8, 4) is 5.75 Å². The molecule has 4 rings (SSSR count). The molecule has 0 bridgehead atoms. The number of nitrogens with one attached hydrogen (secondary N) is 1. The van der Waals surface area contributed by atoms with Gasteiger partial charge in [0.2, 0.25) is 0 Å². The van der Waals surface area contributed by atoms with Gasteiger partial charge in [0, 0.05) is 24.1 Å². The van der Waals surface area contributed by atoms with Crippen LogP contribution in [-0.2, 0) is 6.42 Å². The first-order chi connectivity index (χ1) is 13.2. The summed E-state index contributed by atoms with van der Waals surface area (Å²) in [7, 11) is 0. The largest absolute Gasteiger partial charge is 0.508 e. The highest BCUT2D eigenvalue weighted by Crippen LogP contribution is 2.43. The highest BCUT2D eigenvalue weighted by atomic mass is 16.3. The molecule has 1 aliphatic carbocycles. The van der Waals surface area contributed by atoms with Crippen LogP contribution in [0.15, 0.2) is 48.5 Å². The Bertz CT molecular complexity index is 790. The number of amides is 1. The molecule has 2 aromatic carbocycles. The molecule has 0 aromatic heterocycles. The van der Waals surface area contributed by atoms with E-state index in [0.29, 0.717) is 17.7 Å². The van der Waals surface area contributed by atoms with Crippen LogP contribution >= 0.6 is 0 Å². The summed E-state index contributed by atoms with van der Waals surface area (Å²) < 4.78 is 0. The number of unbranched alkanes of at least 4 members (excludes halogenated alkanes) is 1. The molecule has 2 unspecified atom stereocenters. The lowest BCUT2D eigenvalue weighted by molar-refractivity contribution is 0.0952. The van der Waals surface area contributed by atoms with Crippen molar-refractivity contribution in [1.29, 1.82) is 0 Å². The van der Waals surface area contributed by atoms with Crippen molar-refractivity contribution < 1.29 is 9.90 Å². The zero-order valence-corrected chi connectivity index (χ0v) is 15.7. The van der Waals surface area contributed by atoms with Crippen molar-refractivity contribution in [1.82, 2.24) is 10.2 Å². The fourth-order valence-corrected chi connectivity index (χ4v) is 4.78. The Kier molecular flexibility index (Phi) is 5.44. The zero-order valence-electron chi connectivity index (χ0n) is 15.7. The van der Waals surface area contributed by atoms with E-state index in [2.05, 4.69) is 16.3 Å². The first-order valence-electron chi connectivity index (χ1n) is 10.1. The molecular formula is C23H28N2O2. The van der Waals surface area contributed by atoms with Gasteiger partial charge < -0.3 is 10.4 Å². The topological polar surface area (TPSA) is 52.6 Å². The maximum Gasteiger partial charge on any atom is 0.251 e. The third-order valence-corrected chi connectivity index (χ3v) is 6.13. The number of phenolic OH excluding ortho intramolecular Hbond substituents is 1. The first-order valence-corrected chi connectivity index (χ1v) is 10.1. The van der Waals surface area contributed by atoms with Gasteiger partial charge in [0.15, 0.2) is 0 Å². The lowest BCUT2D eigenvalue weighted by Gasteiger charge is -2.33. The van der Waals surface area contributed by atoms with E-state index in [4.69, 9.17) is 0 Å². The number of carbonyl (C=O) groups excluding carboxylic acids is 1. The molecule has 0 spiro atoms. The number of benzene rings is 2. The van der Waals surface area contributed by atoms with Crippen molar-refractivity contribution in [3.63, 3.8) is 0 Å². The lowest BCUT2D eigenvalue weighted by atomic mass is 9.79. The van der Waals surface area contributed by atoms with Gasteiger partial charge in [-0.3, -0.25) is 9.69 Å². The van der Waals surface area contributed by atoms with Gasteiger partial charge in [-0.15, -0.1) is 0 Å². The van der Waals surface area contributed by atoms with Crippen molar-refractivity contribution >= 4 is 5.91 Å². The van der Waals surface area contributed by atoms with E-state index >= 15 is 0 Å². The Morgan fingerprint density at radius 3 is 2.78 bits per heavy atom. The van der Waals surface area contributed by atoms with Gasteiger partial charge in [0.1, 0.15) is 5.75 Å². The number of carbonyl (C=O) groups is 1. The molecular weight excluding hydrogens is 336 g/mol. The van der Waals surface area contributed by atoms with Crippen molar-refractivity contribution in [2.75, 3.05) is 19.6 Å². The molecule has 1 heterocycles. The zero-order chi connectivity index (χ0) is 18.6. The molecule has 1 fully saturated rings. The SMILES string of the molecule is O=C(NCCCCN1CCC2c3cccc(O)c3CCC21)c1ccccc1. The molecule has 1 saturated heterocycles. The Morgan fingerprint density at radius 2 is 1.93 bits per heavy atom. The average molecular weight is 364 g/mol. The van der Waals surface area contributed by atoms with Gasteiger partial charge in [0.05, 0.1) is 0 Å². The third kappa shape index (κ3) is 3.86. The molecule has 2 aliphatic rings. The predicted octanol–water partition coefficient (Wildman–Crippen LogP) is 3.71. The van der Waals surface area contributed by atoms with E-state index in [1.54, 1.807) is 0 Å². The normalized spacial score (nSPS) is 21.5. The number of likely N-dealkylation sites (tertiary alicyclic amines) is 1. The van der Waals surface area contributed by atoms with Gasteiger partial charge in [-0.1, -0.05) is 30.3 Å². The number of hydrogen-bond donors (Lipinski definition) is 2. The summed E-state index contributed by atoms with van der Waals surface area (Å²) in [5.74, 6) is 1.05. The standard InChI is InChI=1S/C23H28N2O2/c26-22-10-6-9-18-19-13-16-25(21(19)12-11-20(18)22)15-5-4-14-24-23(27)17-7-2-1-3-8-17/h1-3,6-10,19,21,26H,4-5,11-16H2,(H,24,27). The number of rotatable bonds is 6. The summed E-state index contributed by atoms with van der Waals surface area (Å²) in [6, 6.07) is 16.0. The van der Waals surface area contributed by atoms with Crippen LogP contribution in [0.4, 0.5) is 0 Å². The highest BCUT2D eigenvalue weighted by Gasteiger charge is 2.38. The number of nitrogens with zero attached hydrogens (tertiary/aromatic N) is 1. The van der Waals surface area contributed by atoms with Crippen LogP contribution in [0.1, 0.15) is 53.1 Å². The minimum absolute atomic E-state index is 0.0144. The van der Waals surface area contributed by atoms with Crippen LogP contribution in [0.5, 0.6) is 5.75 Å². The highest BCUT2D eigenvalue weighted by molar-refractivity contribution is 5.94. The summed E-state index contributed by atoms with van der Waals surface area (Å²) in [6.07, 6.45) is 5.41. The fraction of sp³-hybridized carbons (Fsp3) is 0.435. The molecule has 27 heavy (non-hydrogen) atoms. The molecule has 2 atom stereocenters. The third-order valence-electron chi connectivity index (χ3n) is 6.13. The second-order valence-electron chi connectivity index (χ2n) is 7.71. The molecule has 142 valence electrons. The molecule has 4 heteroatoms. The summed E-state index contributed by atoms with van der Waals surface area (Å²) in [5, 5.41) is 13.1. The second-order valence-corrected chi connectivity index (χ2v) is 7.71. The second kappa shape index (κ2) is 8.13. The summed E-state index contributed by atoms with van der Waals surface area (Å²) in [4.78, 5) is 14.7. The number of hydrogen-bond acceptors (Lipinski definition) is 3. The average Bonchev–Trinajstić information content (AvgIpc) is 3.12. The van der Waals surface area contributed by atoms with Crippen LogP contribution in [0.25, 0.3) is 0 Å². The van der Waals surface area contributed by atoms with E-state index in [-0.39, 0.29) is 5.91 Å². The predicted molar refractivity (Wildman–Crippen MR) is 107 cm³/mol. The van der Waals surface area contributed by atoms with E-state index in [9.17, 15) is 9.90 Å². The van der Waals surface area contributed by atoms with Crippen molar-refractivity contribution in [2.45, 2.75) is 44.1 Å². The monoisotopic (exact) mass is 364 g/mol. The smallest absolute Gasteiger partial charge is 0.251 e. The van der Waals surface area contributed by atoms with Crippen LogP contribution in [0.3, 0.4) is 0 Å². The first kappa shape index (κ1) is 18.1. The van der Waals surface area contributed by atoms with Crippen LogP contribution in [0.2, 0.25) is 0 Å². The summed E-state index contributed by atoms with van der Waals surface area (Å²) in [5.41, 5.74) is 3.26. The minimum atomic E-state index is 0.0144. The van der Waals surface area contributed by atoms with Crippen LogP contribution in [0, 0.1) is 0 Å². The van der Waals surface area contributed by atoms with E-state index in [1.165, 1.54) is 17.5 Å². The van der Waals surface area contributed by atoms with Gasteiger partial charge in [0.25, 0.3) is 5.91 Å². The Labute approximate surface area is 161 Å². The van der Waals surface area contributed by atoms with Crippen molar-refractivity contribution in [3.05, 3.63) is 65.2 Å². The van der Waals surface area contributed by atoms with E-state index < -0.39 is 0 Å². The Balaban J connectivity index is 1.23. The molecule has 4 nitrogen and oxygen atoms in total. The molecule has 2 aromatic rings. The molecule has 0 saturated carbocycles. The van der Waals surface area contributed by atoms with Crippen LogP contribution < -0.4 is 5.32 Å². The lowest BCUT2D eigenvalue weighted by Crippen LogP contribution is -2.36. The number of phenols is 1. The molecule has 1 aliphatic heterocycles. The Morgan fingerprint density at radius 1 is 1.07 bits per heavy atom. The van der Waals surface area contributed by atoms with Crippen LogP contribution in [-0.4, -0.2) is 41.6 Å². The Hall–Kier alpha value is -2.33. The minimum Gasteiger partial charge on any atom is -0.508 e. The van der Waals surface area contributed by atoms with E-state index in [1.807, 2.05) is 42.5 Å². The molecule has 0 radical (unpaired) electrons.